The van der Waals surface area contributed by atoms with Gasteiger partial charge in [-0.05, 0) is 29.7 Å². The molecule has 0 bridgehead atoms. The number of nitrogens with one attached hydrogen (secondary N) is 1. The highest BCUT2D eigenvalue weighted by Gasteiger charge is 2.31. The van der Waals surface area contributed by atoms with Crippen molar-refractivity contribution in [3.63, 3.8) is 0 Å². The highest BCUT2D eigenvalue weighted by Crippen LogP contribution is 2.19. The summed E-state index contributed by atoms with van der Waals surface area (Å²) in [7, 11) is 0. The molecule has 3 aromatic rings. The molecule has 0 aromatic heterocycles. The summed E-state index contributed by atoms with van der Waals surface area (Å²) in [6, 6.07) is 30.1. The van der Waals surface area contributed by atoms with Crippen molar-refractivity contribution < 1.29 is 9.53 Å². The summed E-state index contributed by atoms with van der Waals surface area (Å²) in [5.41, 5.74) is 3.13. The minimum absolute atomic E-state index is 0.00607. The summed E-state index contributed by atoms with van der Waals surface area (Å²) in [6.45, 7) is 3.16. The Morgan fingerprint density at radius 3 is 2.13 bits per heavy atom. The van der Waals surface area contributed by atoms with Gasteiger partial charge in [-0.15, -0.1) is 0 Å². The van der Waals surface area contributed by atoms with Gasteiger partial charge in [-0.3, -0.25) is 9.69 Å². The van der Waals surface area contributed by atoms with Crippen LogP contribution in [0.1, 0.15) is 27.9 Å². The number of ether oxygens (including phenoxy) is 1. The number of piperidine rings is 1. The zero-order valence-corrected chi connectivity index (χ0v) is 17.1. The summed E-state index contributed by atoms with van der Waals surface area (Å²) in [4.78, 5) is 15.1. The molecular weight excluding hydrogens is 372 g/mol. The molecule has 30 heavy (non-hydrogen) atoms. The quantitative estimate of drug-likeness (QED) is 0.644. The third kappa shape index (κ3) is 5.56. The molecule has 0 radical (unpaired) electrons. The van der Waals surface area contributed by atoms with E-state index in [1.54, 1.807) is 0 Å². The Labute approximate surface area is 178 Å². The topological polar surface area (TPSA) is 41.6 Å². The second-order valence-electron chi connectivity index (χ2n) is 7.79. The van der Waals surface area contributed by atoms with Gasteiger partial charge in [0, 0.05) is 25.2 Å². The van der Waals surface area contributed by atoms with Crippen LogP contribution in [0.25, 0.3) is 0 Å². The lowest BCUT2D eigenvalue weighted by molar-refractivity contribution is -0.0315. The normalized spacial score (nSPS) is 19.3. The van der Waals surface area contributed by atoms with Gasteiger partial charge in [-0.2, -0.15) is 0 Å². The van der Waals surface area contributed by atoms with E-state index in [0.717, 1.165) is 31.6 Å². The molecule has 1 N–H and O–H groups in total. The van der Waals surface area contributed by atoms with Crippen LogP contribution in [0.5, 0.6) is 0 Å². The van der Waals surface area contributed by atoms with Crippen LogP contribution in [0.4, 0.5) is 0 Å². The van der Waals surface area contributed by atoms with Gasteiger partial charge in [0.05, 0.1) is 18.8 Å². The third-order valence-corrected chi connectivity index (χ3v) is 5.55. The molecule has 1 fully saturated rings. The molecule has 154 valence electrons. The number of hydrogen-bond donors (Lipinski definition) is 1. The molecule has 4 heteroatoms. The molecule has 2 unspecified atom stereocenters. The fourth-order valence-corrected chi connectivity index (χ4v) is 3.92. The first kappa shape index (κ1) is 20.3. The van der Waals surface area contributed by atoms with E-state index in [0.29, 0.717) is 12.2 Å². The van der Waals surface area contributed by atoms with Gasteiger partial charge >= 0.3 is 0 Å². The largest absolute Gasteiger partial charge is 0.370 e. The smallest absolute Gasteiger partial charge is 0.251 e. The number of likely N-dealkylation sites (tertiary alicyclic amines) is 1. The molecule has 0 spiro atoms. The number of rotatable bonds is 7. The van der Waals surface area contributed by atoms with E-state index >= 15 is 0 Å². The molecule has 0 saturated carbocycles. The first-order valence-corrected chi connectivity index (χ1v) is 10.6. The molecule has 1 aliphatic rings. The fraction of sp³-hybridized carbons (Fsp3) is 0.269. The van der Waals surface area contributed by atoms with Crippen LogP contribution in [-0.4, -0.2) is 36.0 Å². The van der Waals surface area contributed by atoms with Crippen LogP contribution in [-0.2, 0) is 17.9 Å². The second-order valence-corrected chi connectivity index (χ2v) is 7.79. The summed E-state index contributed by atoms with van der Waals surface area (Å²) < 4.78 is 6.33. The first-order valence-electron chi connectivity index (χ1n) is 10.6. The number of carbonyl (C=O) groups is 1. The number of amides is 1. The van der Waals surface area contributed by atoms with Gasteiger partial charge in [-0.1, -0.05) is 78.9 Å². The van der Waals surface area contributed by atoms with Crippen LogP contribution in [0.3, 0.4) is 0 Å². The van der Waals surface area contributed by atoms with Gasteiger partial charge in [0.2, 0.25) is 0 Å². The van der Waals surface area contributed by atoms with Crippen molar-refractivity contribution in [1.82, 2.24) is 10.2 Å². The SMILES string of the molecule is O=C(NC1CCN(Cc2ccccc2)CC1OCc1ccccc1)c1ccccc1. The maximum absolute atomic E-state index is 12.7. The van der Waals surface area contributed by atoms with Crippen LogP contribution in [0.2, 0.25) is 0 Å². The Morgan fingerprint density at radius 1 is 0.867 bits per heavy atom. The highest BCUT2D eigenvalue weighted by molar-refractivity contribution is 5.94. The molecule has 1 heterocycles. The Hall–Kier alpha value is -2.95. The van der Waals surface area contributed by atoms with Crippen molar-refractivity contribution in [1.29, 1.82) is 0 Å². The average Bonchev–Trinajstić information content (AvgIpc) is 2.81. The van der Waals surface area contributed by atoms with Gasteiger partial charge < -0.3 is 10.1 Å². The number of nitrogens with zero attached hydrogens (tertiary/aromatic N) is 1. The zero-order valence-electron chi connectivity index (χ0n) is 17.1. The third-order valence-electron chi connectivity index (χ3n) is 5.55. The lowest BCUT2D eigenvalue weighted by Gasteiger charge is -2.38. The number of benzene rings is 3. The monoisotopic (exact) mass is 400 g/mol. The van der Waals surface area contributed by atoms with Crippen molar-refractivity contribution >= 4 is 5.91 Å². The molecule has 4 rings (SSSR count). The van der Waals surface area contributed by atoms with Crippen LogP contribution in [0.15, 0.2) is 91.0 Å². The van der Waals surface area contributed by atoms with Crippen molar-refractivity contribution in [3.8, 4) is 0 Å². The van der Waals surface area contributed by atoms with Gasteiger partial charge in [0.1, 0.15) is 0 Å². The first-order chi connectivity index (χ1) is 14.8. The van der Waals surface area contributed by atoms with E-state index in [9.17, 15) is 4.79 Å². The number of hydrogen-bond acceptors (Lipinski definition) is 3. The minimum Gasteiger partial charge on any atom is -0.370 e. The Kier molecular flexibility index (Phi) is 6.91. The lowest BCUT2D eigenvalue weighted by atomic mass is 10.00. The minimum atomic E-state index is -0.0599. The van der Waals surface area contributed by atoms with Crippen LogP contribution in [0, 0.1) is 0 Å². The second kappa shape index (κ2) is 10.2. The standard InChI is InChI=1S/C26H28N2O2/c29-26(23-14-8-3-9-15-23)27-24-16-17-28(18-21-10-4-1-5-11-21)19-25(24)30-20-22-12-6-2-7-13-22/h1-15,24-25H,16-20H2,(H,27,29). The summed E-state index contributed by atoms with van der Waals surface area (Å²) in [5, 5.41) is 3.22. The van der Waals surface area contributed by atoms with E-state index in [-0.39, 0.29) is 18.1 Å². The molecule has 1 saturated heterocycles. The average molecular weight is 401 g/mol. The van der Waals surface area contributed by atoms with Crippen molar-refractivity contribution in [2.45, 2.75) is 31.7 Å². The van der Waals surface area contributed by atoms with E-state index < -0.39 is 0 Å². The Morgan fingerprint density at radius 2 is 1.47 bits per heavy atom. The predicted molar refractivity (Wildman–Crippen MR) is 119 cm³/mol. The Bertz CT molecular complexity index is 916. The van der Waals surface area contributed by atoms with Crippen LogP contribution >= 0.6 is 0 Å². The highest BCUT2D eigenvalue weighted by atomic mass is 16.5. The van der Waals surface area contributed by atoms with Crippen LogP contribution < -0.4 is 5.32 Å². The molecule has 0 aliphatic carbocycles. The molecule has 3 aromatic carbocycles. The molecule has 1 aliphatic heterocycles. The maximum Gasteiger partial charge on any atom is 0.251 e. The maximum atomic E-state index is 12.7. The molecular formula is C26H28N2O2. The predicted octanol–water partition coefficient (Wildman–Crippen LogP) is 4.28. The van der Waals surface area contributed by atoms with Crippen molar-refractivity contribution in [2.75, 3.05) is 13.1 Å². The number of carbonyl (C=O) groups excluding carboxylic acids is 1. The molecule has 2 atom stereocenters. The van der Waals surface area contributed by atoms with E-state index in [2.05, 4.69) is 46.6 Å². The fourth-order valence-electron chi connectivity index (χ4n) is 3.92. The molecule has 4 nitrogen and oxygen atoms in total. The van der Waals surface area contributed by atoms with E-state index in [1.165, 1.54) is 5.56 Å². The van der Waals surface area contributed by atoms with Gasteiger partial charge in [-0.25, -0.2) is 0 Å². The summed E-state index contributed by atoms with van der Waals surface area (Å²) in [6.07, 6.45) is 0.806. The summed E-state index contributed by atoms with van der Waals surface area (Å²) >= 11 is 0. The van der Waals surface area contributed by atoms with E-state index in [1.807, 2.05) is 54.6 Å². The summed E-state index contributed by atoms with van der Waals surface area (Å²) in [5.74, 6) is -0.0366. The van der Waals surface area contributed by atoms with Crippen molar-refractivity contribution in [2.24, 2.45) is 0 Å². The van der Waals surface area contributed by atoms with Gasteiger partial charge in [0.25, 0.3) is 5.91 Å². The lowest BCUT2D eigenvalue weighted by Crippen LogP contribution is -2.54. The molecule has 1 amide bonds. The van der Waals surface area contributed by atoms with Gasteiger partial charge in [0.15, 0.2) is 0 Å². The van der Waals surface area contributed by atoms with E-state index in [4.69, 9.17) is 4.74 Å². The van der Waals surface area contributed by atoms with Crippen molar-refractivity contribution in [3.05, 3.63) is 108 Å². The Balaban J connectivity index is 1.43. The zero-order chi connectivity index (χ0) is 20.6.